The minimum Gasteiger partial charge on any atom is -0.375 e. The van der Waals surface area contributed by atoms with Gasteiger partial charge in [0.1, 0.15) is 0 Å². The number of unbranched alkanes of at least 4 members (excludes halogenated alkanes) is 1. The van der Waals surface area contributed by atoms with E-state index in [9.17, 15) is 4.79 Å². The molecule has 28 heavy (non-hydrogen) atoms. The number of nitrogens with zero attached hydrogens (tertiary/aromatic N) is 3. The lowest BCUT2D eigenvalue weighted by Crippen LogP contribution is -2.25. The first-order chi connectivity index (χ1) is 13.7. The molecule has 3 rings (SSSR count). The van der Waals surface area contributed by atoms with Crippen molar-refractivity contribution < 1.29 is 4.79 Å². The van der Waals surface area contributed by atoms with Gasteiger partial charge in [-0.3, -0.25) is 4.79 Å². The number of hydrogen-bond donors (Lipinski definition) is 1. The Morgan fingerprint density at radius 2 is 1.86 bits per heavy atom. The molecule has 0 saturated heterocycles. The summed E-state index contributed by atoms with van der Waals surface area (Å²) in [6, 6.07) is 17.9. The normalized spacial score (nSPS) is 10.6. The van der Waals surface area contributed by atoms with Crippen LogP contribution in [0, 0.1) is 0 Å². The molecule has 0 bridgehead atoms. The molecule has 0 aliphatic carbocycles. The third-order valence-corrected chi connectivity index (χ3v) is 4.82. The molecule has 5 heteroatoms. The molecule has 5 nitrogen and oxygen atoms in total. The van der Waals surface area contributed by atoms with Crippen LogP contribution >= 0.6 is 0 Å². The molecule has 0 fully saturated rings. The summed E-state index contributed by atoms with van der Waals surface area (Å²) in [6.45, 7) is 3.83. The molecular weight excluding hydrogens is 348 g/mol. The van der Waals surface area contributed by atoms with E-state index >= 15 is 0 Å². The van der Waals surface area contributed by atoms with Gasteiger partial charge < -0.3 is 10.2 Å². The van der Waals surface area contributed by atoms with Crippen molar-refractivity contribution in [3.8, 4) is 5.69 Å². The van der Waals surface area contributed by atoms with Crippen molar-refractivity contribution in [3.05, 3.63) is 78.1 Å². The zero-order valence-electron chi connectivity index (χ0n) is 16.6. The molecule has 3 aromatic rings. The zero-order chi connectivity index (χ0) is 19.8. The van der Waals surface area contributed by atoms with Crippen LogP contribution in [0.2, 0.25) is 0 Å². The number of aromatic nitrogens is 2. The van der Waals surface area contributed by atoms with Crippen molar-refractivity contribution >= 4 is 11.6 Å². The maximum absolute atomic E-state index is 12.4. The van der Waals surface area contributed by atoms with Crippen molar-refractivity contribution in [1.29, 1.82) is 0 Å². The number of carbonyl (C=O) groups is 1. The average Bonchev–Trinajstić information content (AvgIpc) is 3.27. The summed E-state index contributed by atoms with van der Waals surface area (Å²) in [5.74, 6) is -0.0316. The van der Waals surface area contributed by atoms with E-state index in [4.69, 9.17) is 0 Å². The minimum absolute atomic E-state index is 0.0316. The molecule has 1 aromatic heterocycles. The Hall–Kier alpha value is -3.08. The molecule has 0 radical (unpaired) electrons. The number of anilines is 1. The lowest BCUT2D eigenvalue weighted by Gasteiger charge is -2.19. The highest BCUT2D eigenvalue weighted by molar-refractivity contribution is 5.94. The van der Waals surface area contributed by atoms with Crippen LogP contribution < -0.4 is 10.2 Å². The van der Waals surface area contributed by atoms with Gasteiger partial charge >= 0.3 is 0 Å². The number of benzene rings is 2. The quantitative estimate of drug-likeness (QED) is 0.612. The summed E-state index contributed by atoms with van der Waals surface area (Å²) in [7, 11) is 2.09. The summed E-state index contributed by atoms with van der Waals surface area (Å²) in [6.07, 6.45) is 6.82. The number of nitrogens with one attached hydrogen (secondary N) is 1. The first-order valence-corrected chi connectivity index (χ1v) is 9.85. The smallest absolute Gasteiger partial charge is 0.251 e. The number of hydrogen-bond acceptors (Lipinski definition) is 3. The fourth-order valence-electron chi connectivity index (χ4n) is 3.05. The van der Waals surface area contributed by atoms with Crippen LogP contribution in [0.4, 0.5) is 5.69 Å². The Morgan fingerprint density at radius 3 is 2.50 bits per heavy atom. The summed E-state index contributed by atoms with van der Waals surface area (Å²) < 4.78 is 1.83. The molecule has 0 aliphatic rings. The highest BCUT2D eigenvalue weighted by Crippen LogP contribution is 2.14. The Balaban J connectivity index is 1.47. The molecule has 0 saturated carbocycles. The van der Waals surface area contributed by atoms with Crippen LogP contribution in [0.1, 0.15) is 35.7 Å². The molecule has 1 amide bonds. The first kappa shape index (κ1) is 19.7. The molecule has 2 aromatic carbocycles. The largest absolute Gasteiger partial charge is 0.375 e. The van der Waals surface area contributed by atoms with Crippen LogP contribution in [0.5, 0.6) is 0 Å². The second-order valence-corrected chi connectivity index (χ2v) is 6.94. The monoisotopic (exact) mass is 376 g/mol. The van der Waals surface area contributed by atoms with Gasteiger partial charge in [0.2, 0.25) is 0 Å². The van der Waals surface area contributed by atoms with Crippen LogP contribution in [0.25, 0.3) is 5.69 Å². The van der Waals surface area contributed by atoms with Crippen molar-refractivity contribution in [2.24, 2.45) is 0 Å². The summed E-state index contributed by atoms with van der Waals surface area (Å²) in [5, 5.41) is 7.23. The predicted octanol–water partition coefficient (Wildman–Crippen LogP) is 4.08. The molecule has 1 heterocycles. The number of carbonyl (C=O) groups excluding carboxylic acids is 1. The highest BCUT2D eigenvalue weighted by atomic mass is 16.1. The van der Waals surface area contributed by atoms with Crippen LogP contribution in [0.3, 0.4) is 0 Å². The van der Waals surface area contributed by atoms with Crippen molar-refractivity contribution in [1.82, 2.24) is 15.1 Å². The molecule has 146 valence electrons. The van der Waals surface area contributed by atoms with E-state index < -0.39 is 0 Å². The predicted molar refractivity (Wildman–Crippen MR) is 114 cm³/mol. The number of amides is 1. The van der Waals surface area contributed by atoms with Gasteiger partial charge in [-0.05, 0) is 60.9 Å². The highest BCUT2D eigenvalue weighted by Gasteiger charge is 2.07. The Morgan fingerprint density at radius 1 is 1.11 bits per heavy atom. The maximum atomic E-state index is 12.4. The molecule has 1 N–H and O–H groups in total. The molecular formula is C23H28N4O. The first-order valence-electron chi connectivity index (χ1n) is 9.85. The third kappa shape index (κ3) is 5.22. The molecule has 0 spiro atoms. The second-order valence-electron chi connectivity index (χ2n) is 6.94. The fourth-order valence-corrected chi connectivity index (χ4v) is 3.05. The van der Waals surface area contributed by atoms with Gasteiger partial charge in [-0.25, -0.2) is 4.68 Å². The van der Waals surface area contributed by atoms with Gasteiger partial charge in [-0.2, -0.15) is 5.10 Å². The summed E-state index contributed by atoms with van der Waals surface area (Å²) >= 11 is 0. The minimum atomic E-state index is -0.0316. The van der Waals surface area contributed by atoms with Crippen LogP contribution in [-0.2, 0) is 6.42 Å². The van der Waals surface area contributed by atoms with E-state index in [0.29, 0.717) is 12.1 Å². The van der Waals surface area contributed by atoms with Crippen LogP contribution in [0.15, 0.2) is 67.0 Å². The third-order valence-electron chi connectivity index (χ3n) is 4.82. The standard InChI is InChI=1S/C23H28N4O/c1-3-4-17-26(2)21-12-8-20(9-13-21)23(28)24-16-14-19-6-10-22(11-7-19)27-18-5-15-25-27/h5-13,15,18H,3-4,14,16-17H2,1-2H3,(H,24,28). The van der Waals surface area contributed by atoms with Gasteiger partial charge in [0.15, 0.2) is 0 Å². The van der Waals surface area contributed by atoms with E-state index in [0.717, 1.165) is 24.3 Å². The van der Waals surface area contributed by atoms with Gasteiger partial charge in [-0.15, -0.1) is 0 Å². The average molecular weight is 377 g/mol. The molecule has 0 aliphatic heterocycles. The van der Waals surface area contributed by atoms with Gasteiger partial charge in [0.25, 0.3) is 5.91 Å². The Kier molecular flexibility index (Phi) is 6.84. The summed E-state index contributed by atoms with van der Waals surface area (Å²) in [5.41, 5.74) is 4.05. The Labute approximate surface area is 167 Å². The fraction of sp³-hybridized carbons (Fsp3) is 0.304. The number of rotatable bonds is 9. The Bertz CT molecular complexity index is 855. The van der Waals surface area contributed by atoms with E-state index in [-0.39, 0.29) is 5.91 Å². The SMILES string of the molecule is CCCCN(C)c1ccc(C(=O)NCCc2ccc(-n3cccn3)cc2)cc1. The van der Waals surface area contributed by atoms with Gasteiger partial charge in [0, 0.05) is 43.8 Å². The summed E-state index contributed by atoms with van der Waals surface area (Å²) in [4.78, 5) is 14.6. The van der Waals surface area contributed by atoms with Crippen LogP contribution in [-0.4, -0.2) is 35.8 Å². The van der Waals surface area contributed by atoms with Crippen molar-refractivity contribution in [2.45, 2.75) is 26.2 Å². The van der Waals surface area contributed by atoms with Gasteiger partial charge in [0.05, 0.1) is 5.69 Å². The zero-order valence-corrected chi connectivity index (χ0v) is 16.6. The lowest BCUT2D eigenvalue weighted by atomic mass is 10.1. The van der Waals surface area contributed by atoms with E-state index in [2.05, 4.69) is 41.4 Å². The topological polar surface area (TPSA) is 50.2 Å². The lowest BCUT2D eigenvalue weighted by molar-refractivity contribution is 0.0954. The van der Waals surface area contributed by atoms with Gasteiger partial charge in [-0.1, -0.05) is 25.5 Å². The van der Waals surface area contributed by atoms with Crippen molar-refractivity contribution in [3.63, 3.8) is 0 Å². The van der Waals surface area contributed by atoms with E-state index in [1.165, 1.54) is 18.4 Å². The van der Waals surface area contributed by atoms with E-state index in [1.807, 2.05) is 53.3 Å². The van der Waals surface area contributed by atoms with E-state index in [1.54, 1.807) is 6.20 Å². The van der Waals surface area contributed by atoms with Crippen molar-refractivity contribution in [2.75, 3.05) is 25.0 Å². The maximum Gasteiger partial charge on any atom is 0.251 e. The molecule has 0 atom stereocenters. The molecule has 0 unspecified atom stereocenters. The second kappa shape index (κ2) is 9.74.